The van der Waals surface area contributed by atoms with Gasteiger partial charge in [0.1, 0.15) is 6.33 Å². The molecular formula is C20H13N3S2. The molecule has 3 heterocycles. The van der Waals surface area contributed by atoms with Crippen molar-refractivity contribution in [2.45, 2.75) is 0 Å². The van der Waals surface area contributed by atoms with Gasteiger partial charge in [0.25, 0.3) is 0 Å². The Morgan fingerprint density at radius 3 is 2.72 bits per heavy atom. The van der Waals surface area contributed by atoms with Gasteiger partial charge in [-0.25, -0.2) is 9.97 Å². The number of hydrogen-bond donors (Lipinski definition) is 1. The van der Waals surface area contributed by atoms with Gasteiger partial charge in [0.2, 0.25) is 0 Å². The van der Waals surface area contributed by atoms with E-state index in [-0.39, 0.29) is 0 Å². The number of aromatic nitrogens is 2. The van der Waals surface area contributed by atoms with Crippen LogP contribution in [0.15, 0.2) is 72.4 Å². The van der Waals surface area contributed by atoms with Gasteiger partial charge < -0.3 is 5.32 Å². The van der Waals surface area contributed by atoms with E-state index < -0.39 is 0 Å². The summed E-state index contributed by atoms with van der Waals surface area (Å²) in [5.41, 5.74) is 3.22. The quantitative estimate of drug-likeness (QED) is 0.410. The second kappa shape index (κ2) is 5.95. The van der Waals surface area contributed by atoms with Crippen molar-refractivity contribution in [3.63, 3.8) is 0 Å². The zero-order valence-electron chi connectivity index (χ0n) is 13.1. The molecule has 0 radical (unpaired) electrons. The van der Waals surface area contributed by atoms with Gasteiger partial charge in [-0.3, -0.25) is 0 Å². The summed E-state index contributed by atoms with van der Waals surface area (Å²) in [6.07, 6.45) is 1.62. The lowest BCUT2D eigenvalue weighted by atomic mass is 10.2. The summed E-state index contributed by atoms with van der Waals surface area (Å²) < 4.78 is 2.37. The molecule has 0 aliphatic heterocycles. The smallest absolute Gasteiger partial charge is 0.151 e. The molecule has 0 saturated carbocycles. The minimum absolute atomic E-state index is 0.853. The summed E-state index contributed by atoms with van der Waals surface area (Å²) in [6.45, 7) is 0. The van der Waals surface area contributed by atoms with E-state index in [9.17, 15) is 0 Å². The molecule has 1 N–H and O–H groups in total. The fraction of sp³-hybridized carbons (Fsp3) is 0. The van der Waals surface area contributed by atoms with E-state index in [1.807, 2.05) is 6.07 Å². The fourth-order valence-corrected chi connectivity index (χ4v) is 4.70. The molecule has 25 heavy (non-hydrogen) atoms. The summed E-state index contributed by atoms with van der Waals surface area (Å²) in [5.74, 6) is 0.853. The number of nitrogens with zero attached hydrogens (tertiary/aromatic N) is 2. The van der Waals surface area contributed by atoms with Crippen LogP contribution in [-0.2, 0) is 0 Å². The van der Waals surface area contributed by atoms with Crippen LogP contribution < -0.4 is 5.32 Å². The van der Waals surface area contributed by atoms with Gasteiger partial charge in [0, 0.05) is 15.3 Å². The summed E-state index contributed by atoms with van der Waals surface area (Å²) >= 11 is 3.47. The molecule has 0 bridgehead atoms. The first-order valence-electron chi connectivity index (χ1n) is 7.91. The van der Waals surface area contributed by atoms with Crippen LogP contribution >= 0.6 is 22.7 Å². The predicted octanol–water partition coefficient (Wildman–Crippen LogP) is 6.32. The topological polar surface area (TPSA) is 37.8 Å². The minimum Gasteiger partial charge on any atom is -0.339 e. The minimum atomic E-state index is 0.853. The third-order valence-corrected chi connectivity index (χ3v) is 6.16. The molecule has 0 aliphatic carbocycles. The van der Waals surface area contributed by atoms with E-state index in [0.29, 0.717) is 0 Å². The van der Waals surface area contributed by atoms with Crippen molar-refractivity contribution in [2.24, 2.45) is 0 Å². The standard InChI is InChI=1S/C20H13N3S2/c1-2-4-13(5-3-1)18-11-16-19(25-18)20(22-12-21-16)23-15-6-7-17-14(10-15)8-9-24-17/h1-12H,(H,21,22,23). The summed E-state index contributed by atoms with van der Waals surface area (Å²) in [4.78, 5) is 10.1. The average Bonchev–Trinajstić information content (AvgIpc) is 3.29. The van der Waals surface area contributed by atoms with Crippen molar-refractivity contribution < 1.29 is 0 Å². The molecule has 0 fully saturated rings. The van der Waals surface area contributed by atoms with Crippen LogP contribution in [-0.4, -0.2) is 9.97 Å². The van der Waals surface area contributed by atoms with Crippen LogP contribution in [0.25, 0.3) is 30.7 Å². The van der Waals surface area contributed by atoms with Gasteiger partial charge in [-0.2, -0.15) is 0 Å². The van der Waals surface area contributed by atoms with Crippen molar-refractivity contribution in [2.75, 3.05) is 5.32 Å². The van der Waals surface area contributed by atoms with Crippen LogP contribution in [0.1, 0.15) is 0 Å². The van der Waals surface area contributed by atoms with Crippen molar-refractivity contribution in [1.29, 1.82) is 0 Å². The largest absolute Gasteiger partial charge is 0.339 e. The zero-order chi connectivity index (χ0) is 16.6. The lowest BCUT2D eigenvalue weighted by molar-refractivity contribution is 1.23. The highest BCUT2D eigenvalue weighted by atomic mass is 32.1. The number of thiophene rings is 2. The Kier molecular flexibility index (Phi) is 3.47. The SMILES string of the molecule is c1ccc(-c2cc3ncnc(Nc4ccc5sccc5c4)c3s2)cc1. The first kappa shape index (κ1) is 14.6. The zero-order valence-corrected chi connectivity index (χ0v) is 14.8. The second-order valence-corrected chi connectivity index (χ2v) is 7.71. The Morgan fingerprint density at radius 1 is 0.880 bits per heavy atom. The van der Waals surface area contributed by atoms with Gasteiger partial charge in [-0.05, 0) is 46.7 Å². The molecule has 120 valence electrons. The van der Waals surface area contributed by atoms with Crippen LogP contribution in [0.2, 0.25) is 0 Å². The van der Waals surface area contributed by atoms with Gasteiger partial charge >= 0.3 is 0 Å². The van der Waals surface area contributed by atoms with Gasteiger partial charge in [0.05, 0.1) is 10.2 Å². The molecule has 0 unspecified atom stereocenters. The molecule has 5 heteroatoms. The van der Waals surface area contributed by atoms with Crippen LogP contribution in [0, 0.1) is 0 Å². The number of benzene rings is 2. The third kappa shape index (κ3) is 2.67. The Balaban J connectivity index is 1.57. The Bertz CT molecular complexity index is 1180. The summed E-state index contributed by atoms with van der Waals surface area (Å²) in [5, 5.41) is 6.82. The normalized spacial score (nSPS) is 11.2. The maximum absolute atomic E-state index is 4.47. The number of nitrogens with one attached hydrogen (secondary N) is 1. The molecule has 0 amide bonds. The van der Waals surface area contributed by atoms with Crippen molar-refractivity contribution in [1.82, 2.24) is 9.97 Å². The average molecular weight is 359 g/mol. The monoisotopic (exact) mass is 359 g/mol. The Hall–Kier alpha value is -2.76. The molecular weight excluding hydrogens is 346 g/mol. The van der Waals surface area contributed by atoms with E-state index in [0.717, 1.165) is 21.7 Å². The van der Waals surface area contributed by atoms with Crippen LogP contribution in [0.5, 0.6) is 0 Å². The van der Waals surface area contributed by atoms with Crippen molar-refractivity contribution in [3.05, 3.63) is 72.4 Å². The lowest BCUT2D eigenvalue weighted by Gasteiger charge is -2.06. The van der Waals surface area contributed by atoms with Crippen LogP contribution in [0.4, 0.5) is 11.5 Å². The number of fused-ring (bicyclic) bond motifs is 2. The maximum atomic E-state index is 4.47. The van der Waals surface area contributed by atoms with E-state index in [4.69, 9.17) is 0 Å². The van der Waals surface area contributed by atoms with Gasteiger partial charge in [-0.15, -0.1) is 22.7 Å². The third-order valence-electron chi connectivity index (χ3n) is 4.08. The predicted molar refractivity (Wildman–Crippen MR) is 108 cm³/mol. The lowest BCUT2D eigenvalue weighted by Crippen LogP contribution is -1.93. The highest BCUT2D eigenvalue weighted by Crippen LogP contribution is 2.36. The van der Waals surface area contributed by atoms with Gasteiger partial charge in [0.15, 0.2) is 5.82 Å². The Morgan fingerprint density at radius 2 is 1.80 bits per heavy atom. The number of rotatable bonds is 3. The molecule has 5 rings (SSSR count). The molecule has 0 saturated heterocycles. The number of anilines is 2. The first-order valence-corrected chi connectivity index (χ1v) is 9.61. The van der Waals surface area contributed by atoms with E-state index in [1.54, 1.807) is 29.0 Å². The molecule has 0 aliphatic rings. The van der Waals surface area contributed by atoms with E-state index >= 15 is 0 Å². The summed E-state index contributed by atoms with van der Waals surface area (Å²) in [7, 11) is 0. The van der Waals surface area contributed by atoms with Crippen LogP contribution in [0.3, 0.4) is 0 Å². The molecule has 0 spiro atoms. The molecule has 3 nitrogen and oxygen atoms in total. The van der Waals surface area contributed by atoms with Crippen molar-refractivity contribution >= 4 is 54.5 Å². The van der Waals surface area contributed by atoms with E-state index in [1.165, 1.54) is 20.5 Å². The second-order valence-electron chi connectivity index (χ2n) is 5.71. The molecule has 0 atom stereocenters. The highest BCUT2D eigenvalue weighted by Gasteiger charge is 2.10. The van der Waals surface area contributed by atoms with Gasteiger partial charge in [-0.1, -0.05) is 30.3 Å². The highest BCUT2D eigenvalue weighted by molar-refractivity contribution is 7.22. The molecule has 3 aromatic heterocycles. The Labute approximate surface area is 152 Å². The first-order chi connectivity index (χ1) is 12.4. The number of hydrogen-bond acceptors (Lipinski definition) is 5. The van der Waals surface area contributed by atoms with E-state index in [2.05, 4.69) is 75.3 Å². The summed E-state index contributed by atoms with van der Waals surface area (Å²) in [6, 6.07) is 21.1. The fourth-order valence-electron chi connectivity index (χ4n) is 2.87. The van der Waals surface area contributed by atoms with Crippen molar-refractivity contribution in [3.8, 4) is 10.4 Å². The molecule has 2 aromatic carbocycles. The maximum Gasteiger partial charge on any atom is 0.151 e. The molecule has 5 aromatic rings.